The molecule has 0 amide bonds. The third kappa shape index (κ3) is 3.23. The van der Waals surface area contributed by atoms with Crippen molar-refractivity contribution in [2.24, 2.45) is 11.8 Å². The Morgan fingerprint density at radius 1 is 1.05 bits per heavy atom. The summed E-state index contributed by atoms with van der Waals surface area (Å²) in [5.41, 5.74) is 1.17. The van der Waals surface area contributed by atoms with Crippen LogP contribution in [0.3, 0.4) is 0 Å². The highest BCUT2D eigenvalue weighted by Crippen LogP contribution is 2.27. The molecule has 4 heteroatoms. The number of hydrogen-bond donors (Lipinski definition) is 0. The molecule has 0 spiro atoms. The van der Waals surface area contributed by atoms with E-state index in [0.717, 1.165) is 6.42 Å². The summed E-state index contributed by atoms with van der Waals surface area (Å²) in [4.78, 5) is 0.420. The van der Waals surface area contributed by atoms with E-state index >= 15 is 0 Å². The van der Waals surface area contributed by atoms with Crippen LogP contribution in [0.15, 0.2) is 29.2 Å². The minimum Gasteiger partial charge on any atom is -0.207 e. The van der Waals surface area contributed by atoms with Gasteiger partial charge in [0.1, 0.15) is 0 Å². The SMILES string of the molecule is CC1CC(C)CN(S(=O)(=O)c2ccc(C(C)C)cc2)C1. The van der Waals surface area contributed by atoms with E-state index in [2.05, 4.69) is 27.7 Å². The summed E-state index contributed by atoms with van der Waals surface area (Å²) in [6.07, 6.45) is 1.11. The standard InChI is InChI=1S/C16H25NO2S/c1-12(2)15-5-7-16(8-6-15)20(18,19)17-10-13(3)9-14(4)11-17/h5-8,12-14H,9-11H2,1-4H3. The molecule has 2 unspecified atom stereocenters. The topological polar surface area (TPSA) is 37.4 Å². The van der Waals surface area contributed by atoms with Crippen LogP contribution < -0.4 is 0 Å². The van der Waals surface area contributed by atoms with Gasteiger partial charge in [0.2, 0.25) is 10.0 Å². The Morgan fingerprint density at radius 3 is 2.00 bits per heavy atom. The van der Waals surface area contributed by atoms with Gasteiger partial charge in [-0.05, 0) is 41.9 Å². The first-order valence-electron chi connectivity index (χ1n) is 7.40. The van der Waals surface area contributed by atoms with E-state index < -0.39 is 10.0 Å². The molecule has 2 atom stereocenters. The van der Waals surface area contributed by atoms with Gasteiger partial charge in [-0.2, -0.15) is 4.31 Å². The largest absolute Gasteiger partial charge is 0.243 e. The normalized spacial score (nSPS) is 25.1. The van der Waals surface area contributed by atoms with Gasteiger partial charge < -0.3 is 0 Å². The highest BCUT2D eigenvalue weighted by molar-refractivity contribution is 7.89. The summed E-state index contributed by atoms with van der Waals surface area (Å²) in [6.45, 7) is 9.74. The van der Waals surface area contributed by atoms with Gasteiger partial charge in [-0.15, -0.1) is 0 Å². The Labute approximate surface area is 123 Å². The van der Waals surface area contributed by atoms with Crippen LogP contribution in [-0.4, -0.2) is 25.8 Å². The van der Waals surface area contributed by atoms with E-state index in [1.165, 1.54) is 5.56 Å². The van der Waals surface area contributed by atoms with Gasteiger partial charge in [-0.3, -0.25) is 0 Å². The zero-order valence-corrected chi connectivity index (χ0v) is 13.7. The lowest BCUT2D eigenvalue weighted by Gasteiger charge is -2.34. The molecule has 0 saturated carbocycles. The molecule has 0 N–H and O–H groups in total. The maximum absolute atomic E-state index is 12.7. The van der Waals surface area contributed by atoms with E-state index in [9.17, 15) is 8.42 Å². The zero-order valence-electron chi connectivity index (χ0n) is 12.8. The van der Waals surface area contributed by atoms with Crippen molar-refractivity contribution in [2.75, 3.05) is 13.1 Å². The molecule has 1 aliphatic heterocycles. The van der Waals surface area contributed by atoms with E-state index in [1.807, 2.05) is 12.1 Å². The summed E-state index contributed by atoms with van der Waals surface area (Å²) in [6, 6.07) is 7.34. The fourth-order valence-electron chi connectivity index (χ4n) is 2.98. The van der Waals surface area contributed by atoms with E-state index in [4.69, 9.17) is 0 Å². The van der Waals surface area contributed by atoms with Gasteiger partial charge in [0.15, 0.2) is 0 Å². The second-order valence-corrected chi connectivity index (χ2v) is 8.43. The number of benzene rings is 1. The fraction of sp³-hybridized carbons (Fsp3) is 0.625. The van der Waals surface area contributed by atoms with E-state index in [0.29, 0.717) is 35.7 Å². The van der Waals surface area contributed by atoms with Crippen molar-refractivity contribution in [1.82, 2.24) is 4.31 Å². The number of nitrogens with zero attached hydrogens (tertiary/aromatic N) is 1. The van der Waals surface area contributed by atoms with Crippen molar-refractivity contribution < 1.29 is 8.42 Å². The lowest BCUT2D eigenvalue weighted by Crippen LogP contribution is -2.42. The molecule has 0 radical (unpaired) electrons. The zero-order chi connectivity index (χ0) is 14.9. The lowest BCUT2D eigenvalue weighted by atomic mass is 9.94. The molecule has 1 saturated heterocycles. The number of sulfonamides is 1. The molecular weight excluding hydrogens is 270 g/mol. The van der Waals surface area contributed by atoms with Crippen molar-refractivity contribution in [3.63, 3.8) is 0 Å². The monoisotopic (exact) mass is 295 g/mol. The van der Waals surface area contributed by atoms with Crippen molar-refractivity contribution in [3.8, 4) is 0 Å². The van der Waals surface area contributed by atoms with Crippen LogP contribution in [0.2, 0.25) is 0 Å². The summed E-state index contributed by atoms with van der Waals surface area (Å²) in [5.74, 6) is 1.29. The van der Waals surface area contributed by atoms with Crippen molar-refractivity contribution in [1.29, 1.82) is 0 Å². The first kappa shape index (κ1) is 15.5. The Kier molecular flexibility index (Phi) is 4.55. The number of hydrogen-bond acceptors (Lipinski definition) is 2. The molecule has 1 heterocycles. The van der Waals surface area contributed by atoms with Crippen LogP contribution in [0, 0.1) is 11.8 Å². The Morgan fingerprint density at radius 2 is 1.55 bits per heavy atom. The Bertz CT molecular complexity index is 538. The van der Waals surface area contributed by atoms with E-state index in [-0.39, 0.29) is 0 Å². The van der Waals surface area contributed by atoms with Gasteiger partial charge >= 0.3 is 0 Å². The van der Waals surface area contributed by atoms with Crippen molar-refractivity contribution in [3.05, 3.63) is 29.8 Å². The van der Waals surface area contributed by atoms with Gasteiger partial charge in [-0.1, -0.05) is 39.8 Å². The molecule has 1 fully saturated rings. The fourth-order valence-corrected chi connectivity index (χ4v) is 4.66. The average Bonchev–Trinajstić information content (AvgIpc) is 2.37. The van der Waals surface area contributed by atoms with Gasteiger partial charge in [0.05, 0.1) is 4.90 Å². The molecule has 2 rings (SSSR count). The predicted molar refractivity (Wildman–Crippen MR) is 82.2 cm³/mol. The summed E-state index contributed by atoms with van der Waals surface area (Å²) < 4.78 is 27.0. The second kappa shape index (κ2) is 5.86. The summed E-state index contributed by atoms with van der Waals surface area (Å²) >= 11 is 0. The molecule has 1 aromatic rings. The lowest BCUT2D eigenvalue weighted by molar-refractivity contribution is 0.222. The number of piperidine rings is 1. The summed E-state index contributed by atoms with van der Waals surface area (Å²) in [5, 5.41) is 0. The average molecular weight is 295 g/mol. The maximum Gasteiger partial charge on any atom is 0.243 e. The van der Waals surface area contributed by atoms with Crippen LogP contribution in [0.25, 0.3) is 0 Å². The van der Waals surface area contributed by atoms with Crippen LogP contribution >= 0.6 is 0 Å². The molecule has 1 aliphatic rings. The highest BCUT2D eigenvalue weighted by Gasteiger charge is 2.31. The third-order valence-electron chi connectivity index (χ3n) is 4.02. The molecule has 112 valence electrons. The molecular formula is C16H25NO2S. The molecule has 0 bridgehead atoms. The number of rotatable bonds is 3. The Hall–Kier alpha value is -0.870. The van der Waals surface area contributed by atoms with Crippen molar-refractivity contribution in [2.45, 2.75) is 44.9 Å². The van der Waals surface area contributed by atoms with Crippen LogP contribution in [0.1, 0.15) is 45.6 Å². The highest BCUT2D eigenvalue weighted by atomic mass is 32.2. The van der Waals surface area contributed by atoms with Crippen LogP contribution in [-0.2, 0) is 10.0 Å². The Balaban J connectivity index is 2.25. The van der Waals surface area contributed by atoms with Crippen molar-refractivity contribution >= 4 is 10.0 Å². The minimum absolute atomic E-state index is 0.418. The second-order valence-electron chi connectivity index (χ2n) is 6.49. The van der Waals surface area contributed by atoms with Crippen LogP contribution in [0.4, 0.5) is 0 Å². The first-order chi connectivity index (χ1) is 9.30. The van der Waals surface area contributed by atoms with Gasteiger partial charge in [0.25, 0.3) is 0 Å². The van der Waals surface area contributed by atoms with Gasteiger partial charge in [-0.25, -0.2) is 8.42 Å². The quantitative estimate of drug-likeness (QED) is 0.856. The maximum atomic E-state index is 12.7. The van der Waals surface area contributed by atoms with Gasteiger partial charge in [0, 0.05) is 13.1 Å². The molecule has 0 aliphatic carbocycles. The molecule has 1 aromatic carbocycles. The molecule has 3 nitrogen and oxygen atoms in total. The minimum atomic E-state index is -3.34. The summed E-state index contributed by atoms with van der Waals surface area (Å²) in [7, 11) is -3.34. The smallest absolute Gasteiger partial charge is 0.207 e. The van der Waals surface area contributed by atoms with E-state index in [1.54, 1.807) is 16.4 Å². The molecule has 0 aromatic heterocycles. The predicted octanol–water partition coefficient (Wildman–Crippen LogP) is 3.48. The molecule has 20 heavy (non-hydrogen) atoms. The van der Waals surface area contributed by atoms with Crippen LogP contribution in [0.5, 0.6) is 0 Å². The first-order valence-corrected chi connectivity index (χ1v) is 8.84. The third-order valence-corrected chi connectivity index (χ3v) is 5.87.